The van der Waals surface area contributed by atoms with E-state index in [1.54, 1.807) is 26.0 Å². The Morgan fingerprint density at radius 1 is 1.08 bits per heavy atom. The Labute approximate surface area is 146 Å². The van der Waals surface area contributed by atoms with E-state index in [9.17, 15) is 18.3 Å². The van der Waals surface area contributed by atoms with E-state index in [0.717, 1.165) is 6.07 Å². The fourth-order valence-corrected chi connectivity index (χ4v) is 3.73. The first-order valence-electron chi connectivity index (χ1n) is 7.29. The van der Waals surface area contributed by atoms with Crippen LogP contribution < -0.4 is 14.2 Å². The van der Waals surface area contributed by atoms with Gasteiger partial charge < -0.3 is 14.6 Å². The molecule has 0 amide bonds. The highest BCUT2D eigenvalue weighted by molar-refractivity contribution is 7.92. The number of ether oxygens (including phenoxy) is 2. The number of hydrogen-bond acceptors (Lipinski definition) is 5. The van der Waals surface area contributed by atoms with Crippen molar-refractivity contribution in [3.63, 3.8) is 0 Å². The average molecular weight is 365 g/mol. The Balaban J connectivity index is 2.56. The number of benzene rings is 2. The molecular weight excluding hydrogens is 346 g/mol. The largest absolute Gasteiger partial charge is 0.497 e. The van der Waals surface area contributed by atoms with Crippen molar-refractivity contribution >= 4 is 21.7 Å². The molecule has 2 aromatic carbocycles. The summed E-state index contributed by atoms with van der Waals surface area (Å²) in [6.45, 7) is 3.28. The molecule has 0 aliphatic carbocycles. The van der Waals surface area contributed by atoms with Gasteiger partial charge >= 0.3 is 5.97 Å². The van der Waals surface area contributed by atoms with Crippen molar-refractivity contribution < 1.29 is 27.8 Å². The van der Waals surface area contributed by atoms with Crippen LogP contribution in [0.5, 0.6) is 11.5 Å². The summed E-state index contributed by atoms with van der Waals surface area (Å²) < 4.78 is 38.3. The fourth-order valence-electron chi connectivity index (χ4n) is 2.32. The molecule has 0 aromatic heterocycles. The highest BCUT2D eigenvalue weighted by Crippen LogP contribution is 2.32. The zero-order valence-electron chi connectivity index (χ0n) is 14.3. The lowest BCUT2D eigenvalue weighted by molar-refractivity contribution is 0.0696. The molecule has 0 saturated heterocycles. The number of nitrogens with one attached hydrogen (secondary N) is 1. The molecule has 2 rings (SSSR count). The highest BCUT2D eigenvalue weighted by Gasteiger charge is 2.22. The Morgan fingerprint density at radius 2 is 1.76 bits per heavy atom. The Kier molecular flexibility index (Phi) is 5.22. The topological polar surface area (TPSA) is 102 Å². The maximum Gasteiger partial charge on any atom is 0.335 e. The summed E-state index contributed by atoms with van der Waals surface area (Å²) in [5, 5.41) is 9.18. The number of carbonyl (C=O) groups is 1. The van der Waals surface area contributed by atoms with Crippen molar-refractivity contribution in [2.75, 3.05) is 18.9 Å². The maximum absolute atomic E-state index is 12.8. The van der Waals surface area contributed by atoms with Crippen molar-refractivity contribution in [2.24, 2.45) is 0 Å². The van der Waals surface area contributed by atoms with Crippen molar-refractivity contribution in [2.45, 2.75) is 18.7 Å². The first-order valence-corrected chi connectivity index (χ1v) is 8.77. The second-order valence-electron chi connectivity index (χ2n) is 5.39. The molecule has 25 heavy (non-hydrogen) atoms. The van der Waals surface area contributed by atoms with Crippen LogP contribution in [-0.4, -0.2) is 33.7 Å². The van der Waals surface area contributed by atoms with E-state index < -0.39 is 16.0 Å². The Morgan fingerprint density at radius 3 is 2.32 bits per heavy atom. The molecule has 134 valence electrons. The lowest BCUT2D eigenvalue weighted by Gasteiger charge is -2.15. The molecule has 0 bridgehead atoms. The molecule has 0 spiro atoms. The molecule has 2 N–H and O–H groups in total. The zero-order chi connectivity index (χ0) is 18.8. The predicted octanol–water partition coefficient (Wildman–Crippen LogP) is 2.82. The molecule has 0 saturated carbocycles. The molecule has 2 aromatic rings. The second-order valence-corrected chi connectivity index (χ2v) is 7.04. The van der Waals surface area contributed by atoms with Crippen molar-refractivity contribution in [3.8, 4) is 11.5 Å². The number of aromatic carboxylic acids is 1. The van der Waals surface area contributed by atoms with E-state index in [1.165, 1.54) is 26.4 Å². The fraction of sp³-hybridized carbons (Fsp3) is 0.235. The number of carboxylic acid groups (broad SMARTS) is 1. The van der Waals surface area contributed by atoms with E-state index in [0.29, 0.717) is 22.6 Å². The molecule has 0 atom stereocenters. The summed E-state index contributed by atoms with van der Waals surface area (Å²) in [5.74, 6) is -0.433. The number of rotatable bonds is 6. The van der Waals surface area contributed by atoms with Crippen LogP contribution in [0.1, 0.15) is 21.5 Å². The molecule has 0 aliphatic rings. The van der Waals surface area contributed by atoms with Crippen LogP contribution in [0.4, 0.5) is 5.69 Å². The summed E-state index contributed by atoms with van der Waals surface area (Å²) in [5.41, 5.74) is 1.14. The number of methoxy groups -OCH3 is 2. The first kappa shape index (κ1) is 18.6. The minimum atomic E-state index is -4.03. The number of carboxylic acids is 1. The van der Waals surface area contributed by atoms with Gasteiger partial charge in [0.1, 0.15) is 11.5 Å². The monoisotopic (exact) mass is 365 g/mol. The van der Waals surface area contributed by atoms with Crippen LogP contribution in [0.2, 0.25) is 0 Å². The molecular formula is C17H19NO6S. The van der Waals surface area contributed by atoms with Gasteiger partial charge in [0.25, 0.3) is 10.0 Å². The van der Waals surface area contributed by atoms with Crippen LogP contribution in [0.25, 0.3) is 0 Å². The number of hydrogen-bond donors (Lipinski definition) is 2. The first-order chi connectivity index (χ1) is 11.7. The van der Waals surface area contributed by atoms with E-state index in [2.05, 4.69) is 4.72 Å². The van der Waals surface area contributed by atoms with Crippen LogP contribution in [0.15, 0.2) is 35.2 Å². The molecule has 0 aliphatic heterocycles. The SMILES string of the molecule is COc1ccc(OC)c(NS(=O)(=O)c2cc(C(=O)O)cc(C)c2C)c1. The van der Waals surface area contributed by atoms with Crippen molar-refractivity contribution in [1.29, 1.82) is 0 Å². The van der Waals surface area contributed by atoms with Gasteiger partial charge in [0.15, 0.2) is 0 Å². The number of anilines is 1. The summed E-state index contributed by atoms with van der Waals surface area (Å²) >= 11 is 0. The maximum atomic E-state index is 12.8. The van der Waals surface area contributed by atoms with Crippen LogP contribution >= 0.6 is 0 Å². The van der Waals surface area contributed by atoms with Gasteiger partial charge in [-0.1, -0.05) is 0 Å². The summed E-state index contributed by atoms with van der Waals surface area (Å²) in [6, 6.07) is 7.27. The van der Waals surface area contributed by atoms with Gasteiger partial charge in [0.05, 0.1) is 30.4 Å². The number of aryl methyl sites for hydroxylation is 1. The smallest absolute Gasteiger partial charge is 0.335 e. The molecule has 8 heteroatoms. The lowest BCUT2D eigenvalue weighted by atomic mass is 10.1. The molecule has 0 fully saturated rings. The van der Waals surface area contributed by atoms with Gasteiger partial charge in [-0.2, -0.15) is 0 Å². The Bertz CT molecular complexity index is 921. The van der Waals surface area contributed by atoms with E-state index >= 15 is 0 Å². The van der Waals surface area contributed by atoms with Crippen LogP contribution in [0, 0.1) is 13.8 Å². The van der Waals surface area contributed by atoms with Crippen LogP contribution in [-0.2, 0) is 10.0 Å². The van der Waals surface area contributed by atoms with Crippen molar-refractivity contribution in [1.82, 2.24) is 0 Å². The minimum Gasteiger partial charge on any atom is -0.497 e. The summed E-state index contributed by atoms with van der Waals surface area (Å²) in [6.07, 6.45) is 0. The van der Waals surface area contributed by atoms with Crippen LogP contribution in [0.3, 0.4) is 0 Å². The standard InChI is InChI=1S/C17H19NO6S/c1-10-7-12(17(19)20)8-16(11(10)2)25(21,22)18-14-9-13(23-3)5-6-15(14)24-4/h5-9,18H,1-4H3,(H,19,20). The highest BCUT2D eigenvalue weighted by atomic mass is 32.2. The Hall–Kier alpha value is -2.74. The van der Waals surface area contributed by atoms with Crippen molar-refractivity contribution in [3.05, 3.63) is 47.0 Å². The predicted molar refractivity (Wildman–Crippen MR) is 93.2 cm³/mol. The van der Waals surface area contributed by atoms with Gasteiger partial charge in [-0.05, 0) is 49.2 Å². The average Bonchev–Trinajstić information content (AvgIpc) is 2.56. The van der Waals surface area contributed by atoms with E-state index in [-0.39, 0.29) is 16.1 Å². The molecule has 0 radical (unpaired) electrons. The van der Waals surface area contributed by atoms with E-state index in [1.807, 2.05) is 0 Å². The molecule has 7 nitrogen and oxygen atoms in total. The normalized spacial score (nSPS) is 11.0. The summed E-state index contributed by atoms with van der Waals surface area (Å²) in [4.78, 5) is 11.1. The van der Waals surface area contributed by atoms with Gasteiger partial charge in [-0.25, -0.2) is 13.2 Å². The third-order valence-corrected chi connectivity index (χ3v) is 5.30. The summed E-state index contributed by atoms with van der Waals surface area (Å²) in [7, 11) is -1.15. The van der Waals surface area contributed by atoms with Gasteiger partial charge in [-0.15, -0.1) is 0 Å². The number of sulfonamides is 1. The van der Waals surface area contributed by atoms with Gasteiger partial charge in [0.2, 0.25) is 0 Å². The molecule has 0 unspecified atom stereocenters. The third-order valence-electron chi connectivity index (χ3n) is 3.81. The lowest BCUT2D eigenvalue weighted by Crippen LogP contribution is -2.16. The quantitative estimate of drug-likeness (QED) is 0.816. The van der Waals surface area contributed by atoms with Gasteiger partial charge in [0, 0.05) is 6.07 Å². The molecule has 0 heterocycles. The second kappa shape index (κ2) is 7.02. The third kappa shape index (κ3) is 3.85. The van der Waals surface area contributed by atoms with Gasteiger partial charge in [-0.3, -0.25) is 4.72 Å². The zero-order valence-corrected chi connectivity index (χ0v) is 15.1. The van der Waals surface area contributed by atoms with E-state index in [4.69, 9.17) is 9.47 Å². The minimum absolute atomic E-state index is 0.0962.